The van der Waals surface area contributed by atoms with Crippen molar-refractivity contribution in [3.8, 4) is 5.75 Å². The maximum atomic E-state index is 12.0. The third-order valence-corrected chi connectivity index (χ3v) is 4.22. The number of nitrogens with zero attached hydrogens (tertiary/aromatic N) is 2. The molecular formula is C18H20N2O4S. The number of esters is 2. The second-order valence-corrected chi connectivity index (χ2v) is 6.12. The lowest BCUT2D eigenvalue weighted by Gasteiger charge is -2.10. The normalized spacial score (nSPS) is 10.4. The van der Waals surface area contributed by atoms with Crippen molar-refractivity contribution in [2.45, 2.75) is 31.8 Å². The van der Waals surface area contributed by atoms with Gasteiger partial charge in [-0.25, -0.2) is 14.8 Å². The van der Waals surface area contributed by atoms with Crippen molar-refractivity contribution in [3.63, 3.8) is 0 Å². The Labute approximate surface area is 151 Å². The molecule has 0 aliphatic carbocycles. The van der Waals surface area contributed by atoms with Crippen LogP contribution in [0.15, 0.2) is 29.4 Å². The smallest absolute Gasteiger partial charge is 0.337 e. The van der Waals surface area contributed by atoms with Crippen LogP contribution in [0.2, 0.25) is 0 Å². The SMILES string of the molecule is COC(=O)c1ccc(OC(=O)CCc2c(C)nc(SC)nc2C)cc1. The molecule has 1 heterocycles. The lowest BCUT2D eigenvalue weighted by atomic mass is 10.1. The summed E-state index contributed by atoms with van der Waals surface area (Å²) in [6, 6.07) is 6.24. The zero-order valence-corrected chi connectivity index (χ0v) is 15.5. The summed E-state index contributed by atoms with van der Waals surface area (Å²) < 4.78 is 9.92. The van der Waals surface area contributed by atoms with Crippen LogP contribution < -0.4 is 4.74 Å². The molecule has 0 aliphatic heterocycles. The minimum absolute atomic E-state index is 0.225. The van der Waals surface area contributed by atoms with Crippen LogP contribution in [-0.2, 0) is 16.0 Å². The molecule has 0 bridgehead atoms. The van der Waals surface area contributed by atoms with Gasteiger partial charge in [-0.05, 0) is 56.4 Å². The minimum atomic E-state index is -0.433. The van der Waals surface area contributed by atoms with Gasteiger partial charge in [-0.2, -0.15) is 0 Å². The Morgan fingerprint density at radius 2 is 1.68 bits per heavy atom. The van der Waals surface area contributed by atoms with Crippen molar-refractivity contribution < 1.29 is 19.1 Å². The molecule has 1 aromatic heterocycles. The number of carbonyl (C=O) groups is 2. The summed E-state index contributed by atoms with van der Waals surface area (Å²) in [5.74, 6) is -0.392. The number of hydrogen-bond donors (Lipinski definition) is 0. The molecule has 2 aromatic rings. The molecule has 0 radical (unpaired) electrons. The maximum absolute atomic E-state index is 12.0. The van der Waals surface area contributed by atoms with Gasteiger partial charge in [-0.1, -0.05) is 11.8 Å². The fraction of sp³-hybridized carbons (Fsp3) is 0.333. The Morgan fingerprint density at radius 1 is 1.08 bits per heavy atom. The molecule has 0 spiro atoms. The van der Waals surface area contributed by atoms with E-state index in [-0.39, 0.29) is 12.4 Å². The summed E-state index contributed by atoms with van der Waals surface area (Å²) in [5, 5.41) is 0.729. The van der Waals surface area contributed by atoms with E-state index in [1.54, 1.807) is 24.3 Å². The molecule has 0 unspecified atom stereocenters. The van der Waals surface area contributed by atoms with Gasteiger partial charge < -0.3 is 9.47 Å². The van der Waals surface area contributed by atoms with Crippen LogP contribution in [0.25, 0.3) is 0 Å². The van der Waals surface area contributed by atoms with E-state index in [0.717, 1.165) is 22.1 Å². The number of aryl methyl sites for hydroxylation is 2. The number of benzene rings is 1. The highest BCUT2D eigenvalue weighted by Crippen LogP contribution is 2.18. The molecule has 0 N–H and O–H groups in total. The zero-order chi connectivity index (χ0) is 18.4. The van der Waals surface area contributed by atoms with Crippen molar-refractivity contribution in [2.75, 3.05) is 13.4 Å². The van der Waals surface area contributed by atoms with Gasteiger partial charge >= 0.3 is 11.9 Å². The number of rotatable bonds is 6. The Hall–Kier alpha value is -2.41. The van der Waals surface area contributed by atoms with E-state index in [2.05, 4.69) is 14.7 Å². The molecule has 0 atom stereocenters. The summed E-state index contributed by atoms with van der Waals surface area (Å²) in [7, 11) is 1.32. The van der Waals surface area contributed by atoms with Crippen LogP contribution in [0.3, 0.4) is 0 Å². The highest BCUT2D eigenvalue weighted by atomic mass is 32.2. The average molecular weight is 360 g/mol. The van der Waals surface area contributed by atoms with Gasteiger partial charge in [0.05, 0.1) is 19.1 Å². The number of ether oxygens (including phenoxy) is 2. The summed E-state index contributed by atoms with van der Waals surface area (Å²) in [4.78, 5) is 32.2. The fourth-order valence-corrected chi connectivity index (χ4v) is 2.80. The lowest BCUT2D eigenvalue weighted by molar-refractivity contribution is -0.134. The van der Waals surface area contributed by atoms with E-state index in [1.807, 2.05) is 20.1 Å². The molecule has 1 aromatic carbocycles. The highest BCUT2D eigenvalue weighted by molar-refractivity contribution is 7.98. The van der Waals surface area contributed by atoms with Crippen molar-refractivity contribution in [1.29, 1.82) is 0 Å². The van der Waals surface area contributed by atoms with Crippen LogP contribution >= 0.6 is 11.8 Å². The van der Waals surface area contributed by atoms with Crippen molar-refractivity contribution in [1.82, 2.24) is 9.97 Å². The number of carbonyl (C=O) groups excluding carboxylic acids is 2. The predicted molar refractivity (Wildman–Crippen MR) is 95.0 cm³/mol. The van der Waals surface area contributed by atoms with E-state index in [4.69, 9.17) is 4.74 Å². The number of aromatic nitrogens is 2. The van der Waals surface area contributed by atoms with Gasteiger partial charge in [0.15, 0.2) is 5.16 Å². The van der Waals surface area contributed by atoms with Gasteiger partial charge in [0.25, 0.3) is 0 Å². The van der Waals surface area contributed by atoms with Crippen LogP contribution in [0.1, 0.15) is 33.7 Å². The number of hydrogen-bond acceptors (Lipinski definition) is 7. The first-order valence-corrected chi connectivity index (χ1v) is 8.94. The summed E-state index contributed by atoms with van der Waals surface area (Å²) in [6.45, 7) is 3.83. The largest absolute Gasteiger partial charge is 0.465 e. The number of thioether (sulfide) groups is 1. The standard InChI is InChI=1S/C18H20N2O4S/c1-11-15(12(2)20-18(19-11)25-4)9-10-16(21)24-14-7-5-13(6-8-14)17(22)23-3/h5-8H,9-10H2,1-4H3. The second kappa shape index (κ2) is 8.62. The molecule has 7 heteroatoms. The number of methoxy groups -OCH3 is 1. The van der Waals surface area contributed by atoms with Crippen LogP contribution in [0.4, 0.5) is 0 Å². The van der Waals surface area contributed by atoms with E-state index in [1.165, 1.54) is 18.9 Å². The van der Waals surface area contributed by atoms with E-state index < -0.39 is 5.97 Å². The summed E-state index contributed by atoms with van der Waals surface area (Å²) in [6.07, 6.45) is 2.67. The first-order valence-electron chi connectivity index (χ1n) is 7.71. The molecule has 0 saturated heterocycles. The molecule has 2 rings (SSSR count). The van der Waals surface area contributed by atoms with Gasteiger partial charge in [0, 0.05) is 11.4 Å². The fourth-order valence-electron chi connectivity index (χ4n) is 2.35. The molecule has 0 saturated carbocycles. The molecule has 25 heavy (non-hydrogen) atoms. The predicted octanol–water partition coefficient (Wildman–Crippen LogP) is 3.14. The van der Waals surface area contributed by atoms with Crippen molar-refractivity contribution in [3.05, 3.63) is 46.8 Å². The van der Waals surface area contributed by atoms with Crippen molar-refractivity contribution in [2.24, 2.45) is 0 Å². The zero-order valence-electron chi connectivity index (χ0n) is 14.7. The second-order valence-electron chi connectivity index (χ2n) is 5.35. The van der Waals surface area contributed by atoms with Gasteiger partial charge in [-0.15, -0.1) is 0 Å². The Morgan fingerprint density at radius 3 is 2.20 bits per heavy atom. The molecule has 0 aliphatic rings. The average Bonchev–Trinajstić information content (AvgIpc) is 2.60. The van der Waals surface area contributed by atoms with Crippen LogP contribution in [0, 0.1) is 13.8 Å². The maximum Gasteiger partial charge on any atom is 0.337 e. The van der Waals surface area contributed by atoms with Crippen LogP contribution in [-0.4, -0.2) is 35.3 Å². The molecule has 132 valence electrons. The lowest BCUT2D eigenvalue weighted by Crippen LogP contribution is -2.11. The third-order valence-electron chi connectivity index (χ3n) is 3.67. The van der Waals surface area contributed by atoms with E-state index in [0.29, 0.717) is 17.7 Å². The van der Waals surface area contributed by atoms with Crippen molar-refractivity contribution >= 4 is 23.7 Å². The highest BCUT2D eigenvalue weighted by Gasteiger charge is 2.12. The summed E-state index contributed by atoms with van der Waals surface area (Å²) in [5.41, 5.74) is 3.13. The van der Waals surface area contributed by atoms with E-state index in [9.17, 15) is 9.59 Å². The monoisotopic (exact) mass is 360 g/mol. The summed E-state index contributed by atoms with van der Waals surface area (Å²) >= 11 is 1.49. The molecule has 0 fully saturated rings. The Kier molecular flexibility index (Phi) is 6.52. The van der Waals surface area contributed by atoms with Gasteiger partial charge in [0.2, 0.25) is 0 Å². The molecule has 0 amide bonds. The van der Waals surface area contributed by atoms with Crippen LogP contribution in [0.5, 0.6) is 5.75 Å². The Balaban J connectivity index is 1.96. The van der Waals surface area contributed by atoms with E-state index >= 15 is 0 Å². The first-order chi connectivity index (χ1) is 11.9. The van der Waals surface area contributed by atoms with Gasteiger partial charge in [0.1, 0.15) is 5.75 Å². The third kappa shape index (κ3) is 5.03. The quantitative estimate of drug-likeness (QED) is 0.339. The minimum Gasteiger partial charge on any atom is -0.465 e. The topological polar surface area (TPSA) is 78.4 Å². The molecular weight excluding hydrogens is 340 g/mol. The first kappa shape index (κ1) is 18.9. The molecule has 6 nitrogen and oxygen atoms in total. The Bertz CT molecular complexity index is 752. The van der Waals surface area contributed by atoms with Gasteiger partial charge in [-0.3, -0.25) is 4.79 Å².